The van der Waals surface area contributed by atoms with E-state index in [4.69, 9.17) is 15.3 Å². The molecule has 3 atom stereocenters. The van der Waals surface area contributed by atoms with Crippen LogP contribution in [0, 0.1) is 0 Å². The highest BCUT2D eigenvalue weighted by molar-refractivity contribution is 7.86. The number of nitrogens with zero attached hydrogens (tertiary/aromatic N) is 1. The molecule has 7 nitrogen and oxygen atoms in total. The minimum Gasteiger partial charge on any atom is -0.392 e. The molecule has 0 radical (unpaired) electrons. The fourth-order valence-electron chi connectivity index (χ4n) is 4.94. The summed E-state index contributed by atoms with van der Waals surface area (Å²) in [5.74, 6) is 0. The molecule has 8 heteroatoms. The molecule has 39 heavy (non-hydrogen) atoms. The van der Waals surface area contributed by atoms with Crippen molar-refractivity contribution in [1.82, 2.24) is 4.90 Å². The first-order valence-corrected chi connectivity index (χ1v) is 16.1. The summed E-state index contributed by atoms with van der Waals surface area (Å²) in [6.45, 7) is 8.76. The van der Waals surface area contributed by atoms with Gasteiger partial charge < -0.3 is 15.3 Å². The van der Waals surface area contributed by atoms with E-state index in [9.17, 15) is 13.0 Å². The normalized spacial score (nSPS) is 14.2. The smallest absolute Gasteiger partial charge is 0.295 e. The van der Waals surface area contributed by atoms with Gasteiger partial charge in [-0.05, 0) is 44.6 Å². The molecule has 2 aromatic carbocycles. The minimum absolute atomic E-state index is 0.0894. The van der Waals surface area contributed by atoms with Gasteiger partial charge in [-0.3, -0.25) is 9.45 Å². The summed E-state index contributed by atoms with van der Waals surface area (Å²) in [7, 11) is -4.22. The lowest BCUT2D eigenvalue weighted by atomic mass is 10.0. The van der Waals surface area contributed by atoms with Gasteiger partial charge in [-0.1, -0.05) is 101 Å². The number of benzene rings is 2. The van der Waals surface area contributed by atoms with Gasteiger partial charge in [0.1, 0.15) is 4.90 Å². The second kappa shape index (κ2) is 19.5. The van der Waals surface area contributed by atoms with Crippen LogP contribution in [-0.2, 0) is 16.5 Å². The summed E-state index contributed by atoms with van der Waals surface area (Å²) >= 11 is 0. The summed E-state index contributed by atoms with van der Waals surface area (Å²) in [6.07, 6.45) is 11.9. The lowest BCUT2D eigenvalue weighted by Gasteiger charge is -2.25. The van der Waals surface area contributed by atoms with Crippen molar-refractivity contribution in [3.63, 3.8) is 0 Å². The van der Waals surface area contributed by atoms with E-state index in [1.807, 2.05) is 29.2 Å². The summed E-state index contributed by atoms with van der Waals surface area (Å²) in [5, 5.41) is 28.9. The Bertz CT molecular complexity index is 999. The van der Waals surface area contributed by atoms with E-state index in [1.165, 1.54) is 51.4 Å². The molecule has 224 valence electrons. The molecule has 3 unspecified atom stereocenters. The SMILES string of the molecule is CC(O)CN(CC(C)O)CC(C)O.CCCCCCCCCCCCc1ccc2ccccc2c1S(=O)(=O)O. The van der Waals surface area contributed by atoms with Gasteiger partial charge in [0, 0.05) is 25.0 Å². The summed E-state index contributed by atoms with van der Waals surface area (Å²) < 4.78 is 33.5. The number of unbranched alkanes of at least 4 members (excludes halogenated alkanes) is 9. The Morgan fingerprint density at radius 2 is 1.15 bits per heavy atom. The maximum Gasteiger partial charge on any atom is 0.295 e. The van der Waals surface area contributed by atoms with Crippen LogP contribution < -0.4 is 0 Å². The zero-order valence-electron chi connectivity index (χ0n) is 24.6. The van der Waals surface area contributed by atoms with Gasteiger partial charge in [0.25, 0.3) is 10.1 Å². The van der Waals surface area contributed by atoms with Crippen molar-refractivity contribution < 1.29 is 28.3 Å². The molecule has 0 aromatic heterocycles. The van der Waals surface area contributed by atoms with Crippen molar-refractivity contribution in [2.45, 2.75) is 122 Å². The van der Waals surface area contributed by atoms with Crippen LogP contribution in [0.25, 0.3) is 10.8 Å². The molecule has 0 spiro atoms. The van der Waals surface area contributed by atoms with Gasteiger partial charge in [-0.15, -0.1) is 0 Å². The van der Waals surface area contributed by atoms with Crippen LogP contribution in [0.4, 0.5) is 0 Å². The highest BCUT2D eigenvalue weighted by atomic mass is 32.2. The van der Waals surface area contributed by atoms with Crippen LogP contribution in [0.1, 0.15) is 97.5 Å². The first-order chi connectivity index (χ1) is 18.5. The monoisotopic (exact) mass is 567 g/mol. The maximum absolute atomic E-state index is 11.9. The number of rotatable bonds is 18. The molecule has 0 heterocycles. The Morgan fingerprint density at radius 3 is 1.62 bits per heavy atom. The molecular formula is C31H53NO6S. The quantitative estimate of drug-likeness (QED) is 0.129. The third-order valence-electron chi connectivity index (χ3n) is 6.59. The Labute approximate surface area is 237 Å². The van der Waals surface area contributed by atoms with Crippen molar-refractivity contribution in [2.75, 3.05) is 19.6 Å². The van der Waals surface area contributed by atoms with E-state index in [0.29, 0.717) is 31.4 Å². The highest BCUT2D eigenvalue weighted by Gasteiger charge is 2.19. The largest absolute Gasteiger partial charge is 0.392 e. The maximum atomic E-state index is 11.9. The number of aliphatic hydroxyl groups excluding tert-OH is 3. The van der Waals surface area contributed by atoms with Crippen LogP contribution in [0.3, 0.4) is 0 Å². The van der Waals surface area contributed by atoms with Crippen LogP contribution in [0.2, 0.25) is 0 Å². The Morgan fingerprint density at radius 1 is 0.692 bits per heavy atom. The summed E-state index contributed by atoms with van der Waals surface area (Å²) in [5.41, 5.74) is 0.728. The van der Waals surface area contributed by atoms with Gasteiger partial charge in [0.2, 0.25) is 0 Å². The van der Waals surface area contributed by atoms with Crippen molar-refractivity contribution in [3.05, 3.63) is 42.0 Å². The Kier molecular flexibility index (Phi) is 17.8. The number of aliphatic hydroxyl groups is 3. The van der Waals surface area contributed by atoms with Crippen LogP contribution in [0.5, 0.6) is 0 Å². The molecule has 2 aromatic rings. The predicted octanol–water partition coefficient (Wildman–Crippen LogP) is 5.98. The third-order valence-corrected chi connectivity index (χ3v) is 7.58. The number of fused-ring (bicyclic) bond motifs is 1. The van der Waals surface area contributed by atoms with Crippen LogP contribution in [0.15, 0.2) is 41.3 Å². The molecule has 0 saturated carbocycles. The van der Waals surface area contributed by atoms with E-state index < -0.39 is 28.4 Å². The van der Waals surface area contributed by atoms with Crippen LogP contribution >= 0.6 is 0 Å². The van der Waals surface area contributed by atoms with E-state index in [1.54, 1.807) is 32.9 Å². The zero-order valence-corrected chi connectivity index (χ0v) is 25.4. The molecule has 0 saturated heterocycles. The van der Waals surface area contributed by atoms with Gasteiger partial charge in [0.15, 0.2) is 0 Å². The second-order valence-electron chi connectivity index (χ2n) is 10.9. The average Bonchev–Trinajstić information content (AvgIpc) is 2.83. The number of hydrogen-bond donors (Lipinski definition) is 4. The number of aryl methyl sites for hydroxylation is 1. The molecule has 0 aliphatic heterocycles. The first kappa shape index (κ1) is 35.5. The molecule has 2 rings (SSSR count). The Hall–Kier alpha value is -1.55. The lowest BCUT2D eigenvalue weighted by molar-refractivity contribution is 0.0530. The van der Waals surface area contributed by atoms with Crippen molar-refractivity contribution in [1.29, 1.82) is 0 Å². The van der Waals surface area contributed by atoms with E-state index >= 15 is 0 Å². The second-order valence-corrected chi connectivity index (χ2v) is 12.3. The molecule has 0 aliphatic carbocycles. The van der Waals surface area contributed by atoms with Crippen molar-refractivity contribution in [2.24, 2.45) is 0 Å². The fourth-order valence-corrected chi connectivity index (χ4v) is 5.90. The number of hydrogen-bond acceptors (Lipinski definition) is 6. The molecular weight excluding hydrogens is 514 g/mol. The first-order valence-electron chi connectivity index (χ1n) is 14.7. The lowest BCUT2D eigenvalue weighted by Crippen LogP contribution is -2.40. The van der Waals surface area contributed by atoms with Gasteiger partial charge >= 0.3 is 0 Å². The fraction of sp³-hybridized carbons (Fsp3) is 0.677. The standard InChI is InChI=1S/C22H32O3S.C9H21NO3/c1-2-3-4-5-6-7-8-9-10-11-15-20-18-17-19-14-12-13-16-21(19)22(20)26(23,24)25;1-7(11)4-10(5-8(2)12)6-9(3)13/h12-14,16-18H,2-11,15H2,1H3,(H,23,24,25);7-9,11-13H,4-6H2,1-3H3. The van der Waals surface area contributed by atoms with Crippen molar-refractivity contribution >= 4 is 20.9 Å². The molecule has 0 bridgehead atoms. The Balaban J connectivity index is 0.000000495. The third kappa shape index (κ3) is 15.7. The summed E-state index contributed by atoms with van der Waals surface area (Å²) in [6, 6.07) is 11.1. The highest BCUT2D eigenvalue weighted by Crippen LogP contribution is 2.28. The van der Waals surface area contributed by atoms with Gasteiger partial charge in [0.05, 0.1) is 18.3 Å². The van der Waals surface area contributed by atoms with Crippen molar-refractivity contribution in [3.8, 4) is 0 Å². The predicted molar refractivity (Wildman–Crippen MR) is 161 cm³/mol. The zero-order chi connectivity index (χ0) is 29.3. The van der Waals surface area contributed by atoms with Gasteiger partial charge in [-0.2, -0.15) is 8.42 Å². The molecule has 0 amide bonds. The topological polar surface area (TPSA) is 118 Å². The molecule has 0 fully saturated rings. The molecule has 0 aliphatic rings. The summed E-state index contributed by atoms with van der Waals surface area (Å²) in [4.78, 5) is 1.94. The molecule has 4 N–H and O–H groups in total. The average molecular weight is 568 g/mol. The van der Waals surface area contributed by atoms with Crippen LogP contribution in [-0.4, -0.2) is 71.1 Å². The van der Waals surface area contributed by atoms with E-state index in [-0.39, 0.29) is 4.90 Å². The van der Waals surface area contributed by atoms with Gasteiger partial charge in [-0.25, -0.2) is 0 Å². The minimum atomic E-state index is -4.22. The van der Waals surface area contributed by atoms with E-state index in [2.05, 4.69) is 6.92 Å². The van der Waals surface area contributed by atoms with E-state index in [0.717, 1.165) is 23.8 Å².